The Hall–Kier alpha value is -1.38. The molecule has 0 bridgehead atoms. The van der Waals surface area contributed by atoms with Gasteiger partial charge in [0.2, 0.25) is 0 Å². The molecule has 0 aliphatic heterocycles. The first-order valence-corrected chi connectivity index (χ1v) is 5.00. The van der Waals surface area contributed by atoms with Crippen LogP contribution in [0.15, 0.2) is 10.5 Å². The van der Waals surface area contributed by atoms with E-state index in [1.165, 1.54) is 0 Å². The van der Waals surface area contributed by atoms with Crippen LogP contribution in [0.4, 0.5) is 0 Å². The molecule has 2 aromatic heterocycles. The van der Waals surface area contributed by atoms with Gasteiger partial charge in [0.05, 0.1) is 5.69 Å². The second kappa shape index (κ2) is 3.40. The number of aromatic nitrogens is 2. The number of aryl methyl sites for hydroxylation is 3. The molecule has 0 unspecified atom stereocenters. The predicted molar refractivity (Wildman–Crippen MR) is 55.3 cm³/mol. The van der Waals surface area contributed by atoms with Gasteiger partial charge in [-0.15, -0.1) is 0 Å². The number of rotatable bonds is 2. The van der Waals surface area contributed by atoms with Crippen molar-refractivity contribution in [2.45, 2.75) is 33.6 Å². The summed E-state index contributed by atoms with van der Waals surface area (Å²) in [5.74, 6) is 1.80. The van der Waals surface area contributed by atoms with E-state index >= 15 is 0 Å². The molecule has 0 aromatic carbocycles. The Bertz CT molecular complexity index is 460. The number of nitrogens with zero attached hydrogens (tertiary/aromatic N) is 2. The fourth-order valence-electron chi connectivity index (χ4n) is 1.58. The van der Waals surface area contributed by atoms with Crippen LogP contribution in [0.2, 0.25) is 0 Å². The monoisotopic (exact) mass is 190 g/mol. The van der Waals surface area contributed by atoms with Crippen LogP contribution in [-0.4, -0.2) is 9.97 Å². The molecule has 0 saturated heterocycles. The first-order chi connectivity index (χ1) is 6.74. The number of furan rings is 1. The van der Waals surface area contributed by atoms with Gasteiger partial charge in [0.15, 0.2) is 5.58 Å². The molecule has 0 fully saturated rings. The molecule has 2 rings (SSSR count). The van der Waals surface area contributed by atoms with E-state index in [9.17, 15) is 0 Å². The molecular weight excluding hydrogens is 176 g/mol. The molecule has 0 amide bonds. The van der Waals surface area contributed by atoms with Crippen LogP contribution in [-0.2, 0) is 12.8 Å². The highest BCUT2D eigenvalue weighted by Gasteiger charge is 2.09. The SMILES string of the molecule is CCc1cc2nc(C)nc(CC)c2o1. The zero-order valence-electron chi connectivity index (χ0n) is 8.79. The van der Waals surface area contributed by atoms with Gasteiger partial charge >= 0.3 is 0 Å². The first-order valence-electron chi connectivity index (χ1n) is 5.00. The molecule has 0 saturated carbocycles. The summed E-state index contributed by atoms with van der Waals surface area (Å²) in [4.78, 5) is 8.71. The fourth-order valence-corrected chi connectivity index (χ4v) is 1.58. The van der Waals surface area contributed by atoms with Gasteiger partial charge < -0.3 is 4.42 Å². The largest absolute Gasteiger partial charge is 0.457 e. The molecule has 2 aromatic rings. The van der Waals surface area contributed by atoms with E-state index in [2.05, 4.69) is 23.8 Å². The Morgan fingerprint density at radius 2 is 2.00 bits per heavy atom. The molecular formula is C11H14N2O. The zero-order valence-corrected chi connectivity index (χ0v) is 8.79. The number of hydrogen-bond acceptors (Lipinski definition) is 3. The normalized spacial score (nSPS) is 11.1. The van der Waals surface area contributed by atoms with Crippen LogP contribution in [0, 0.1) is 6.92 Å². The minimum absolute atomic E-state index is 0.817. The Labute approximate surface area is 83.2 Å². The molecule has 0 atom stereocenters. The molecule has 0 N–H and O–H groups in total. The van der Waals surface area contributed by atoms with Crippen LogP contribution in [0.5, 0.6) is 0 Å². The van der Waals surface area contributed by atoms with Crippen LogP contribution in [0.3, 0.4) is 0 Å². The van der Waals surface area contributed by atoms with E-state index in [0.717, 1.165) is 41.2 Å². The summed E-state index contributed by atoms with van der Waals surface area (Å²) in [6, 6.07) is 2.00. The lowest BCUT2D eigenvalue weighted by Crippen LogP contribution is -1.93. The molecule has 3 nitrogen and oxygen atoms in total. The van der Waals surface area contributed by atoms with Crippen molar-refractivity contribution in [3.8, 4) is 0 Å². The van der Waals surface area contributed by atoms with Crippen molar-refractivity contribution >= 4 is 11.1 Å². The maximum absolute atomic E-state index is 5.67. The lowest BCUT2D eigenvalue weighted by molar-refractivity contribution is 0.551. The van der Waals surface area contributed by atoms with Crippen LogP contribution >= 0.6 is 0 Å². The molecule has 0 aliphatic carbocycles. The Kier molecular flexibility index (Phi) is 2.23. The summed E-state index contributed by atoms with van der Waals surface area (Å²) in [7, 11) is 0. The average molecular weight is 190 g/mol. The summed E-state index contributed by atoms with van der Waals surface area (Å²) >= 11 is 0. The van der Waals surface area contributed by atoms with E-state index in [-0.39, 0.29) is 0 Å². The zero-order chi connectivity index (χ0) is 10.1. The molecule has 3 heteroatoms. The van der Waals surface area contributed by atoms with Gasteiger partial charge in [0.1, 0.15) is 17.1 Å². The highest BCUT2D eigenvalue weighted by Crippen LogP contribution is 2.21. The fraction of sp³-hybridized carbons (Fsp3) is 0.455. The van der Waals surface area contributed by atoms with E-state index in [1.54, 1.807) is 0 Å². The first kappa shape index (κ1) is 9.19. The van der Waals surface area contributed by atoms with Crippen LogP contribution in [0.25, 0.3) is 11.1 Å². The van der Waals surface area contributed by atoms with Gasteiger partial charge in [-0.05, 0) is 13.3 Å². The minimum Gasteiger partial charge on any atom is -0.457 e. The van der Waals surface area contributed by atoms with E-state index in [0.29, 0.717) is 0 Å². The maximum Gasteiger partial charge on any atom is 0.174 e. The highest BCUT2D eigenvalue weighted by atomic mass is 16.3. The minimum atomic E-state index is 0.817. The average Bonchev–Trinajstić information content (AvgIpc) is 2.59. The van der Waals surface area contributed by atoms with Crippen molar-refractivity contribution in [3.63, 3.8) is 0 Å². The topological polar surface area (TPSA) is 38.9 Å². The van der Waals surface area contributed by atoms with Crippen molar-refractivity contribution in [2.24, 2.45) is 0 Å². The third kappa shape index (κ3) is 1.39. The predicted octanol–water partition coefficient (Wildman–Crippen LogP) is 2.66. The summed E-state index contributed by atoms with van der Waals surface area (Å²) < 4.78 is 5.67. The number of hydrogen-bond donors (Lipinski definition) is 0. The lowest BCUT2D eigenvalue weighted by atomic mass is 10.2. The van der Waals surface area contributed by atoms with E-state index < -0.39 is 0 Å². The quantitative estimate of drug-likeness (QED) is 0.730. The molecule has 2 heterocycles. The second-order valence-corrected chi connectivity index (χ2v) is 3.35. The van der Waals surface area contributed by atoms with Crippen molar-refractivity contribution in [3.05, 3.63) is 23.3 Å². The summed E-state index contributed by atoms with van der Waals surface area (Å²) in [5, 5.41) is 0. The summed E-state index contributed by atoms with van der Waals surface area (Å²) in [6.07, 6.45) is 1.79. The Balaban J connectivity index is 2.71. The molecule has 14 heavy (non-hydrogen) atoms. The third-order valence-electron chi connectivity index (χ3n) is 2.29. The van der Waals surface area contributed by atoms with Crippen LogP contribution < -0.4 is 0 Å². The van der Waals surface area contributed by atoms with Crippen molar-refractivity contribution < 1.29 is 4.42 Å². The lowest BCUT2D eigenvalue weighted by Gasteiger charge is -1.98. The standard InChI is InChI=1S/C11H14N2O/c1-4-8-6-10-11(14-8)9(5-2)12-7(3)13-10/h6H,4-5H2,1-3H3. The Morgan fingerprint density at radius 3 is 2.64 bits per heavy atom. The van der Waals surface area contributed by atoms with Crippen molar-refractivity contribution in [1.82, 2.24) is 9.97 Å². The van der Waals surface area contributed by atoms with Gasteiger partial charge in [-0.1, -0.05) is 13.8 Å². The van der Waals surface area contributed by atoms with Crippen molar-refractivity contribution in [1.29, 1.82) is 0 Å². The number of fused-ring (bicyclic) bond motifs is 1. The van der Waals surface area contributed by atoms with Gasteiger partial charge in [-0.2, -0.15) is 0 Å². The molecule has 0 aliphatic rings. The van der Waals surface area contributed by atoms with E-state index in [4.69, 9.17) is 4.42 Å². The molecule has 74 valence electrons. The highest BCUT2D eigenvalue weighted by molar-refractivity contribution is 5.75. The van der Waals surface area contributed by atoms with E-state index in [1.807, 2.05) is 13.0 Å². The van der Waals surface area contributed by atoms with Crippen LogP contribution in [0.1, 0.15) is 31.1 Å². The molecule has 0 spiro atoms. The second-order valence-electron chi connectivity index (χ2n) is 3.35. The van der Waals surface area contributed by atoms with Gasteiger partial charge in [-0.25, -0.2) is 9.97 Å². The Morgan fingerprint density at radius 1 is 1.21 bits per heavy atom. The third-order valence-corrected chi connectivity index (χ3v) is 2.29. The van der Waals surface area contributed by atoms with Gasteiger partial charge in [0.25, 0.3) is 0 Å². The maximum atomic E-state index is 5.67. The smallest absolute Gasteiger partial charge is 0.174 e. The summed E-state index contributed by atoms with van der Waals surface area (Å²) in [6.45, 7) is 6.07. The summed E-state index contributed by atoms with van der Waals surface area (Å²) in [5.41, 5.74) is 2.80. The van der Waals surface area contributed by atoms with Gasteiger partial charge in [0, 0.05) is 12.5 Å². The van der Waals surface area contributed by atoms with Crippen molar-refractivity contribution in [2.75, 3.05) is 0 Å². The van der Waals surface area contributed by atoms with Gasteiger partial charge in [-0.3, -0.25) is 0 Å². The molecule has 0 radical (unpaired) electrons.